The molecule has 33 heavy (non-hydrogen) atoms. The molecule has 3 N–H and O–H groups in total. The smallest absolute Gasteiger partial charge is 0.279 e. The Labute approximate surface area is 194 Å². The van der Waals surface area contributed by atoms with Gasteiger partial charge in [0, 0.05) is 23.4 Å². The molecule has 0 aliphatic carbocycles. The van der Waals surface area contributed by atoms with E-state index >= 15 is 4.39 Å². The molecule has 0 atom stereocenters. The fraction of sp³-hybridized carbons (Fsp3) is 0.182. The maximum Gasteiger partial charge on any atom is 0.279 e. The molecule has 4 aromatic rings. The Bertz CT molecular complexity index is 1420. The van der Waals surface area contributed by atoms with Crippen LogP contribution in [0.1, 0.15) is 25.8 Å². The van der Waals surface area contributed by atoms with Gasteiger partial charge < -0.3 is 5.73 Å². The van der Waals surface area contributed by atoms with E-state index < -0.39 is 15.8 Å². The average Bonchev–Trinajstić information content (AvgIpc) is 3.22. The average molecular weight is 485 g/mol. The van der Waals surface area contributed by atoms with Crippen molar-refractivity contribution in [3.63, 3.8) is 0 Å². The van der Waals surface area contributed by atoms with Crippen LogP contribution < -0.4 is 10.5 Å². The van der Waals surface area contributed by atoms with Gasteiger partial charge in [-0.3, -0.25) is 4.72 Å². The molecule has 11 heteroatoms. The monoisotopic (exact) mass is 484 g/mol. The van der Waals surface area contributed by atoms with E-state index in [0.717, 1.165) is 5.01 Å². The van der Waals surface area contributed by atoms with Crippen LogP contribution in [0.4, 0.5) is 16.0 Å². The summed E-state index contributed by atoms with van der Waals surface area (Å²) in [5, 5.41) is 0.555. The molecule has 0 unspecified atom stereocenters. The molecule has 3 aromatic heterocycles. The number of hydrogen-bond acceptors (Lipinski definition) is 8. The summed E-state index contributed by atoms with van der Waals surface area (Å²) in [5.74, 6) is -0.674. The van der Waals surface area contributed by atoms with Crippen LogP contribution in [0.25, 0.3) is 21.8 Å². The summed E-state index contributed by atoms with van der Waals surface area (Å²) in [4.78, 5) is 17.3. The number of nitrogens with one attached hydrogen (secondary N) is 1. The van der Waals surface area contributed by atoms with Gasteiger partial charge in [0.1, 0.15) is 0 Å². The lowest BCUT2D eigenvalue weighted by Crippen LogP contribution is -2.15. The topological polar surface area (TPSA) is 124 Å². The van der Waals surface area contributed by atoms with Gasteiger partial charge in [-0.1, -0.05) is 32.9 Å². The molecule has 170 valence electrons. The fourth-order valence-corrected chi connectivity index (χ4v) is 5.11. The first kappa shape index (κ1) is 22.7. The Kier molecular flexibility index (Phi) is 5.85. The predicted molar refractivity (Wildman–Crippen MR) is 127 cm³/mol. The molecule has 0 fully saturated rings. The summed E-state index contributed by atoms with van der Waals surface area (Å²) in [5.41, 5.74) is 6.23. The van der Waals surface area contributed by atoms with Crippen molar-refractivity contribution in [1.82, 2.24) is 19.9 Å². The largest absolute Gasteiger partial charge is 0.368 e. The first-order chi connectivity index (χ1) is 15.6. The summed E-state index contributed by atoms with van der Waals surface area (Å²) >= 11 is 1.38. The summed E-state index contributed by atoms with van der Waals surface area (Å²) < 4.78 is 43.3. The second-order valence-corrected chi connectivity index (χ2v) is 10.8. The van der Waals surface area contributed by atoms with Gasteiger partial charge in [-0.2, -0.15) is 8.42 Å². The lowest BCUT2D eigenvalue weighted by molar-refractivity contribution is 0.585. The SMILES string of the molecule is CC(C)(C)c1nc(-c2cccc(NS(=O)(=O)c3ccccn3)c2F)c(-c2ccnc(N)n2)s1. The molecular weight excluding hydrogens is 463 g/mol. The summed E-state index contributed by atoms with van der Waals surface area (Å²) in [7, 11) is -4.08. The number of rotatable bonds is 5. The summed E-state index contributed by atoms with van der Waals surface area (Å²) in [6.45, 7) is 6.00. The Morgan fingerprint density at radius 3 is 2.45 bits per heavy atom. The highest BCUT2D eigenvalue weighted by Crippen LogP contribution is 2.41. The zero-order chi connectivity index (χ0) is 23.8. The maximum absolute atomic E-state index is 15.6. The van der Waals surface area contributed by atoms with Crippen molar-refractivity contribution < 1.29 is 12.8 Å². The highest BCUT2D eigenvalue weighted by molar-refractivity contribution is 7.92. The van der Waals surface area contributed by atoms with Crippen LogP contribution in [0.15, 0.2) is 59.9 Å². The van der Waals surface area contributed by atoms with E-state index in [1.165, 1.54) is 41.9 Å². The second-order valence-electron chi connectivity index (χ2n) is 8.19. The van der Waals surface area contributed by atoms with Gasteiger partial charge in [0.05, 0.1) is 27.0 Å². The number of halogens is 1. The van der Waals surface area contributed by atoms with Crippen molar-refractivity contribution in [3.8, 4) is 21.8 Å². The van der Waals surface area contributed by atoms with Crippen molar-refractivity contribution in [2.45, 2.75) is 31.2 Å². The van der Waals surface area contributed by atoms with Crippen LogP contribution >= 0.6 is 11.3 Å². The van der Waals surface area contributed by atoms with Crippen molar-refractivity contribution in [2.24, 2.45) is 0 Å². The van der Waals surface area contributed by atoms with Crippen LogP contribution in [0.5, 0.6) is 0 Å². The quantitative estimate of drug-likeness (QED) is 0.428. The van der Waals surface area contributed by atoms with E-state index in [-0.39, 0.29) is 27.6 Å². The zero-order valence-corrected chi connectivity index (χ0v) is 19.7. The van der Waals surface area contributed by atoms with E-state index in [1.54, 1.807) is 24.3 Å². The third kappa shape index (κ3) is 4.69. The number of anilines is 2. The molecule has 4 rings (SSSR count). The molecule has 0 bridgehead atoms. The van der Waals surface area contributed by atoms with E-state index in [2.05, 4.69) is 19.7 Å². The molecule has 0 spiro atoms. The van der Waals surface area contributed by atoms with Crippen molar-refractivity contribution in [3.05, 3.63) is 65.7 Å². The highest BCUT2D eigenvalue weighted by atomic mass is 32.2. The minimum atomic E-state index is -4.08. The first-order valence-electron chi connectivity index (χ1n) is 9.89. The third-order valence-electron chi connectivity index (χ3n) is 4.59. The van der Waals surface area contributed by atoms with Gasteiger partial charge in [0.25, 0.3) is 10.0 Å². The van der Waals surface area contributed by atoms with Crippen LogP contribution in [0.3, 0.4) is 0 Å². The first-order valence-corrected chi connectivity index (χ1v) is 12.2. The third-order valence-corrected chi connectivity index (χ3v) is 7.37. The summed E-state index contributed by atoms with van der Waals surface area (Å²) in [6.07, 6.45) is 2.87. The minimum Gasteiger partial charge on any atom is -0.368 e. The molecule has 8 nitrogen and oxygen atoms in total. The number of hydrogen-bond donors (Lipinski definition) is 2. The number of nitrogens with zero attached hydrogens (tertiary/aromatic N) is 4. The van der Waals surface area contributed by atoms with Crippen molar-refractivity contribution in [2.75, 3.05) is 10.5 Å². The Morgan fingerprint density at radius 1 is 1.00 bits per heavy atom. The van der Waals surface area contributed by atoms with Crippen LogP contribution in [-0.4, -0.2) is 28.4 Å². The van der Waals surface area contributed by atoms with Gasteiger partial charge in [-0.05, 0) is 30.3 Å². The van der Waals surface area contributed by atoms with E-state index in [4.69, 9.17) is 10.7 Å². The molecule has 0 radical (unpaired) electrons. The van der Waals surface area contributed by atoms with Gasteiger partial charge in [0.2, 0.25) is 5.95 Å². The molecule has 0 aliphatic rings. The Hall–Kier alpha value is -3.44. The van der Waals surface area contributed by atoms with Gasteiger partial charge in [0.15, 0.2) is 10.8 Å². The number of nitrogens with two attached hydrogens (primary N) is 1. The predicted octanol–water partition coefficient (Wildman–Crippen LogP) is 4.48. The molecule has 0 saturated heterocycles. The summed E-state index contributed by atoms with van der Waals surface area (Å²) in [6, 6.07) is 10.6. The van der Waals surface area contributed by atoms with Crippen LogP contribution in [0.2, 0.25) is 0 Å². The molecule has 1 aromatic carbocycles. The van der Waals surface area contributed by atoms with Gasteiger partial charge in [-0.25, -0.2) is 24.3 Å². The number of benzene rings is 1. The molecular formula is C22H21FN6O2S2. The standard InChI is InChI=1S/C22H21FN6O2S2/c1-22(2,3)20-28-18(19(32-20)15-10-12-26-21(24)27-15)13-7-6-8-14(17(13)23)29-33(30,31)16-9-4-5-11-25-16/h4-12,29H,1-3H3,(H2,24,26,27). The molecule has 0 aliphatic heterocycles. The highest BCUT2D eigenvalue weighted by Gasteiger charge is 2.27. The van der Waals surface area contributed by atoms with Gasteiger partial charge >= 0.3 is 0 Å². The number of thiazole rings is 1. The van der Waals surface area contributed by atoms with Crippen molar-refractivity contribution in [1.29, 1.82) is 0 Å². The second kappa shape index (κ2) is 8.49. The normalized spacial score (nSPS) is 12.0. The zero-order valence-electron chi connectivity index (χ0n) is 18.1. The van der Waals surface area contributed by atoms with E-state index in [1.807, 2.05) is 20.8 Å². The molecule has 0 amide bonds. The lowest BCUT2D eigenvalue weighted by atomic mass is 9.98. The maximum atomic E-state index is 15.6. The minimum absolute atomic E-state index is 0.0847. The number of pyridine rings is 1. The molecule has 0 saturated carbocycles. The number of sulfonamides is 1. The lowest BCUT2D eigenvalue weighted by Gasteiger charge is -2.13. The van der Waals surface area contributed by atoms with Gasteiger partial charge in [-0.15, -0.1) is 11.3 Å². The molecule has 3 heterocycles. The van der Waals surface area contributed by atoms with Crippen LogP contribution in [-0.2, 0) is 15.4 Å². The fourth-order valence-electron chi connectivity index (χ4n) is 2.99. The Balaban J connectivity index is 1.84. The number of nitrogen functional groups attached to an aromatic ring is 1. The van der Waals surface area contributed by atoms with Crippen molar-refractivity contribution >= 4 is 33.0 Å². The number of aromatic nitrogens is 4. The van der Waals surface area contributed by atoms with E-state index in [9.17, 15) is 8.42 Å². The van der Waals surface area contributed by atoms with Crippen LogP contribution in [0, 0.1) is 5.82 Å². The van der Waals surface area contributed by atoms with E-state index in [0.29, 0.717) is 16.3 Å². The Morgan fingerprint density at radius 2 is 1.79 bits per heavy atom.